The number of fused-ring (bicyclic) bond motifs is 2. The molecule has 2 aromatic carbocycles. The fraction of sp³-hybridized carbons (Fsp3) is 0.362. The smallest absolute Gasteiger partial charge is 0.303 e. The van der Waals surface area contributed by atoms with Gasteiger partial charge in [-0.1, -0.05) is 80.6 Å². The highest BCUT2D eigenvalue weighted by Crippen LogP contribution is 2.51. The van der Waals surface area contributed by atoms with E-state index in [0.717, 1.165) is 39.1 Å². The van der Waals surface area contributed by atoms with E-state index in [-0.39, 0.29) is 30.7 Å². The number of carbonyl (C=O) groups is 1. The Hall–Kier alpha value is -5.16. The van der Waals surface area contributed by atoms with Crippen molar-refractivity contribution >= 4 is 38.0 Å². The average Bonchev–Trinajstić information content (AvgIpc) is 3.46. The largest absolute Gasteiger partial charge is 0.481 e. The van der Waals surface area contributed by atoms with Crippen LogP contribution in [0.2, 0.25) is 0 Å². The second-order valence-corrected chi connectivity index (χ2v) is 17.7. The van der Waals surface area contributed by atoms with Crippen molar-refractivity contribution in [2.75, 3.05) is 57.7 Å². The molecule has 15 heteroatoms. The third kappa shape index (κ3) is 12.9. The van der Waals surface area contributed by atoms with Crippen LogP contribution in [0.3, 0.4) is 0 Å². The number of anilines is 1. The molecule has 0 spiro atoms. The molecular weight excluding hydrogens is 833 g/mol. The minimum Gasteiger partial charge on any atom is -0.481 e. The monoisotopic (exact) mass is 891 g/mol. The van der Waals surface area contributed by atoms with Gasteiger partial charge in [0.1, 0.15) is 24.7 Å². The van der Waals surface area contributed by atoms with Crippen LogP contribution >= 0.6 is 0 Å². The van der Waals surface area contributed by atoms with Crippen LogP contribution in [0.25, 0.3) is 28.7 Å². The van der Waals surface area contributed by atoms with Crippen molar-refractivity contribution in [3.8, 4) is 22.6 Å². The molecule has 0 saturated heterocycles. The molecule has 0 aromatic heterocycles. The van der Waals surface area contributed by atoms with E-state index in [1.165, 1.54) is 12.1 Å². The summed E-state index contributed by atoms with van der Waals surface area (Å²) in [6.07, 6.45) is 13.7. The van der Waals surface area contributed by atoms with Crippen LogP contribution in [-0.4, -0.2) is 89.8 Å². The first-order chi connectivity index (χ1) is 29.6. The number of carboxylic acids is 1. The average molecular weight is 892 g/mol. The molecule has 0 saturated carbocycles. The molecule has 1 atom stereocenters. The first-order valence-corrected chi connectivity index (χ1v) is 23.6. The summed E-state index contributed by atoms with van der Waals surface area (Å²) in [6.45, 7) is 10.5. The van der Waals surface area contributed by atoms with Crippen molar-refractivity contribution in [3.05, 3.63) is 131 Å². The third-order valence-corrected chi connectivity index (χ3v) is 12.2. The number of benzene rings is 3. The lowest BCUT2D eigenvalue weighted by Crippen LogP contribution is -2.35. The van der Waals surface area contributed by atoms with Crippen molar-refractivity contribution in [1.82, 2.24) is 4.58 Å². The van der Waals surface area contributed by atoms with Crippen molar-refractivity contribution < 1.29 is 49.7 Å². The molecule has 3 N–H and O–H groups in total. The molecule has 13 nitrogen and oxygen atoms in total. The topological polar surface area (TPSA) is 184 Å². The number of carboxylic acid groups (broad SMARTS) is 1. The standard InChI is InChI=1S/C45H52N2O11S2.C2H6/c1-33-37(38-22-20-35(46(26-28-56-3)27-29-57-4)31-41(38)58-44(33)34-15-9-8-10-16-34)17-11-6-5-7-12-18-42-45(2,24-13-19-43(48)49)39-32-36(60(53,54)55)21-23-40(39)47(42)25-14-30-59(50,51)52;1-2/h5-12,15-18,20-23,31-32H,13-14,19,24-30H2,1-4H3,(H2-,48,49,50,51,52,53,54,55);1-2H3/p+1. The van der Waals surface area contributed by atoms with Gasteiger partial charge in [0.05, 0.1) is 16.7 Å². The quantitative estimate of drug-likeness (QED) is 0.0442. The summed E-state index contributed by atoms with van der Waals surface area (Å²) in [5.74, 6) is 0.00844. The van der Waals surface area contributed by atoms with E-state index in [4.69, 9.17) is 13.9 Å². The number of methoxy groups -OCH3 is 2. The van der Waals surface area contributed by atoms with Gasteiger partial charge in [0.2, 0.25) is 5.36 Å². The zero-order valence-corrected chi connectivity index (χ0v) is 37.9. The van der Waals surface area contributed by atoms with Gasteiger partial charge < -0.3 is 23.9 Å². The van der Waals surface area contributed by atoms with E-state index in [0.29, 0.717) is 49.7 Å². The fourth-order valence-electron chi connectivity index (χ4n) is 7.56. The molecule has 62 heavy (non-hydrogen) atoms. The van der Waals surface area contributed by atoms with E-state index in [2.05, 4.69) is 16.7 Å². The van der Waals surface area contributed by atoms with Crippen molar-refractivity contribution in [2.45, 2.75) is 63.7 Å². The Morgan fingerprint density at radius 2 is 1.53 bits per heavy atom. The molecule has 2 heterocycles. The molecule has 0 amide bonds. The predicted octanol–water partition coefficient (Wildman–Crippen LogP) is 8.02. The molecule has 0 radical (unpaired) electrons. The van der Waals surface area contributed by atoms with Gasteiger partial charge in [0.25, 0.3) is 20.2 Å². The molecular formula is C47H59N2O11S2+. The Morgan fingerprint density at radius 3 is 2.16 bits per heavy atom. The number of hydrogen-bond acceptors (Lipinski definition) is 9. The van der Waals surface area contributed by atoms with Gasteiger partial charge in [0.15, 0.2) is 13.1 Å². The van der Waals surface area contributed by atoms with E-state index in [1.807, 2.05) is 105 Å². The maximum absolute atomic E-state index is 12.2. The van der Waals surface area contributed by atoms with Gasteiger partial charge in [-0.3, -0.25) is 13.9 Å². The van der Waals surface area contributed by atoms with Crippen LogP contribution < -0.4 is 14.8 Å². The first kappa shape index (κ1) is 49.5. The van der Waals surface area contributed by atoms with E-state index < -0.39 is 37.4 Å². The first-order valence-electron chi connectivity index (χ1n) is 20.5. The molecule has 1 aliphatic carbocycles. The Bertz CT molecular complexity index is 2530. The van der Waals surface area contributed by atoms with Crippen molar-refractivity contribution in [1.29, 1.82) is 0 Å². The van der Waals surface area contributed by atoms with Crippen LogP contribution in [0, 0.1) is 6.92 Å². The van der Waals surface area contributed by atoms with Crippen molar-refractivity contribution in [3.63, 3.8) is 0 Å². The Balaban J connectivity index is 0.00000416. The lowest BCUT2D eigenvalue weighted by molar-refractivity contribution is -0.137. The summed E-state index contributed by atoms with van der Waals surface area (Å²) in [6, 6.07) is 20.3. The van der Waals surface area contributed by atoms with Gasteiger partial charge in [-0.15, -0.1) is 0 Å². The number of hydrogen-bond donors (Lipinski definition) is 3. The highest BCUT2D eigenvalue weighted by Gasteiger charge is 2.43. The third-order valence-electron chi connectivity index (χ3n) is 10.6. The molecule has 5 rings (SSSR count). The number of aliphatic carboxylic acids is 1. The summed E-state index contributed by atoms with van der Waals surface area (Å²) >= 11 is 0. The van der Waals surface area contributed by atoms with Gasteiger partial charge in [-0.05, 0) is 74.6 Å². The molecule has 0 fully saturated rings. The van der Waals surface area contributed by atoms with Gasteiger partial charge in [0, 0.05) is 66.7 Å². The van der Waals surface area contributed by atoms with Crippen LogP contribution in [-0.2, 0) is 39.9 Å². The number of rotatable bonds is 20. The minimum absolute atomic E-state index is 0.0589. The molecule has 0 bridgehead atoms. The van der Waals surface area contributed by atoms with Crippen LogP contribution in [0.4, 0.5) is 5.69 Å². The van der Waals surface area contributed by atoms with E-state index in [9.17, 15) is 35.8 Å². The van der Waals surface area contributed by atoms with Gasteiger partial charge in [-0.25, -0.2) is 4.58 Å². The zero-order chi connectivity index (χ0) is 45.5. The number of nitrogens with zero attached hydrogens (tertiary/aromatic N) is 2. The second kappa shape index (κ2) is 22.8. The molecule has 2 aromatic rings. The SMILES string of the molecule is CC.COCC[N+](CCOC)=c1ccc2c(/C=C/C=C/C=C/C=C3\N(CCCS(=O)(=O)O)c4ccc(S(=O)(=O)O)cc4C3(C)CCCC(=O)O)c(C)c(-c3ccccc3)oc-2c1. The highest BCUT2D eigenvalue weighted by molar-refractivity contribution is 7.86. The lowest BCUT2D eigenvalue weighted by Gasteiger charge is -2.30. The zero-order valence-electron chi connectivity index (χ0n) is 36.3. The van der Waals surface area contributed by atoms with Crippen molar-refractivity contribution in [2.24, 2.45) is 0 Å². The fourth-order valence-corrected chi connectivity index (χ4v) is 8.56. The van der Waals surface area contributed by atoms with Crippen LogP contribution in [0.1, 0.15) is 63.1 Å². The Morgan fingerprint density at radius 1 is 0.871 bits per heavy atom. The highest BCUT2D eigenvalue weighted by atomic mass is 32.2. The molecule has 334 valence electrons. The number of allylic oxidation sites excluding steroid dienone is 7. The Kier molecular flexibility index (Phi) is 18.2. The van der Waals surface area contributed by atoms with Crippen LogP contribution in [0.15, 0.2) is 118 Å². The lowest BCUT2D eigenvalue weighted by atomic mass is 9.77. The summed E-state index contributed by atoms with van der Waals surface area (Å²) in [5.41, 5.74) is 4.75. The maximum atomic E-state index is 12.2. The van der Waals surface area contributed by atoms with Crippen LogP contribution in [0.5, 0.6) is 0 Å². The van der Waals surface area contributed by atoms with Gasteiger partial charge >= 0.3 is 5.97 Å². The second-order valence-electron chi connectivity index (χ2n) is 14.7. The minimum atomic E-state index is -4.56. The summed E-state index contributed by atoms with van der Waals surface area (Å²) < 4.78 is 86.4. The molecule has 3 aliphatic rings. The Labute approximate surface area is 365 Å². The summed E-state index contributed by atoms with van der Waals surface area (Å²) in [4.78, 5) is 13.0. The van der Waals surface area contributed by atoms with E-state index in [1.54, 1.807) is 26.4 Å². The summed E-state index contributed by atoms with van der Waals surface area (Å²) in [5, 5.41) is 10.4. The van der Waals surface area contributed by atoms with Gasteiger partial charge in [-0.2, -0.15) is 16.8 Å². The maximum Gasteiger partial charge on any atom is 0.303 e. The molecule has 1 unspecified atom stereocenters. The number of ether oxygens (including phenoxy) is 2. The predicted molar refractivity (Wildman–Crippen MR) is 244 cm³/mol. The summed E-state index contributed by atoms with van der Waals surface area (Å²) in [7, 11) is -5.46. The van der Waals surface area contributed by atoms with E-state index >= 15 is 0 Å². The normalized spacial score (nSPS) is 16.1. The molecule has 2 aliphatic heterocycles.